The molecule has 1 aromatic rings. The Kier molecular flexibility index (Phi) is 5.90. The van der Waals surface area contributed by atoms with Crippen molar-refractivity contribution in [3.63, 3.8) is 0 Å². The fourth-order valence-corrected chi connectivity index (χ4v) is 1.95. The summed E-state index contributed by atoms with van der Waals surface area (Å²) in [5.74, 6) is 1.13. The van der Waals surface area contributed by atoms with Crippen molar-refractivity contribution < 1.29 is 13.9 Å². The van der Waals surface area contributed by atoms with Gasteiger partial charge in [-0.3, -0.25) is 0 Å². The normalized spacial score (nSPS) is 12.2. The van der Waals surface area contributed by atoms with E-state index in [1.165, 1.54) is 6.26 Å². The first-order valence-electron chi connectivity index (χ1n) is 5.52. The van der Waals surface area contributed by atoms with Crippen molar-refractivity contribution in [2.24, 2.45) is 5.92 Å². The largest absolute Gasteiger partial charge is 0.461 e. The van der Waals surface area contributed by atoms with Gasteiger partial charge in [-0.05, 0) is 24.9 Å². The molecule has 1 unspecified atom stereocenters. The van der Waals surface area contributed by atoms with Crippen LogP contribution in [0.5, 0.6) is 0 Å². The first-order chi connectivity index (χ1) is 8.17. The first kappa shape index (κ1) is 13.9. The van der Waals surface area contributed by atoms with Gasteiger partial charge in [0.1, 0.15) is 6.26 Å². The molecule has 6 heteroatoms. The summed E-state index contributed by atoms with van der Waals surface area (Å²) in [5, 5.41) is 3.05. The molecule has 0 aliphatic heterocycles. The van der Waals surface area contributed by atoms with Crippen molar-refractivity contribution in [1.82, 2.24) is 4.98 Å². The van der Waals surface area contributed by atoms with Crippen molar-refractivity contribution in [1.29, 1.82) is 0 Å². The van der Waals surface area contributed by atoms with Gasteiger partial charge in [-0.15, -0.1) is 0 Å². The van der Waals surface area contributed by atoms with E-state index in [0.717, 1.165) is 12.3 Å². The second kappa shape index (κ2) is 7.21. The minimum atomic E-state index is -0.457. The number of anilines is 1. The highest BCUT2D eigenvalue weighted by Gasteiger charge is 2.13. The number of oxazole rings is 1. The van der Waals surface area contributed by atoms with Crippen LogP contribution in [-0.4, -0.2) is 36.1 Å². The van der Waals surface area contributed by atoms with Gasteiger partial charge in [0.2, 0.25) is 0 Å². The summed E-state index contributed by atoms with van der Waals surface area (Å²) >= 11 is 1.80. The third-order valence-corrected chi connectivity index (χ3v) is 2.94. The van der Waals surface area contributed by atoms with Gasteiger partial charge >= 0.3 is 5.97 Å². The Morgan fingerprint density at radius 1 is 1.71 bits per heavy atom. The molecule has 1 atom stereocenters. The lowest BCUT2D eigenvalue weighted by atomic mass is 10.2. The number of carbonyl (C=O) groups excluding carboxylic acids is 1. The summed E-state index contributed by atoms with van der Waals surface area (Å²) in [7, 11) is 0. The fraction of sp³-hybridized carbons (Fsp3) is 0.636. The maximum atomic E-state index is 11.3. The number of nitrogens with one attached hydrogen (secondary N) is 1. The molecule has 0 radical (unpaired) electrons. The molecule has 1 rings (SSSR count). The van der Waals surface area contributed by atoms with Gasteiger partial charge in [0.05, 0.1) is 6.61 Å². The number of carbonyl (C=O) groups is 1. The molecule has 1 heterocycles. The van der Waals surface area contributed by atoms with Crippen LogP contribution in [0.15, 0.2) is 10.7 Å². The van der Waals surface area contributed by atoms with Crippen molar-refractivity contribution in [3.8, 4) is 0 Å². The molecule has 0 aliphatic carbocycles. The Morgan fingerprint density at radius 3 is 3.12 bits per heavy atom. The topological polar surface area (TPSA) is 64.4 Å². The smallest absolute Gasteiger partial charge is 0.360 e. The summed E-state index contributed by atoms with van der Waals surface area (Å²) < 4.78 is 9.94. The summed E-state index contributed by atoms with van der Waals surface area (Å²) in [6, 6.07) is 0.362. The first-order valence-corrected chi connectivity index (χ1v) is 6.92. The third kappa shape index (κ3) is 4.68. The number of rotatable bonds is 7. The van der Waals surface area contributed by atoms with Gasteiger partial charge in [-0.2, -0.15) is 16.7 Å². The van der Waals surface area contributed by atoms with Gasteiger partial charge in [0.15, 0.2) is 5.69 Å². The number of ether oxygens (including phenoxy) is 1. The quantitative estimate of drug-likeness (QED) is 0.757. The van der Waals surface area contributed by atoms with Crippen LogP contribution >= 0.6 is 11.8 Å². The molecular weight excluding hydrogens is 240 g/mol. The maximum Gasteiger partial charge on any atom is 0.360 e. The standard InChI is InChI=1S/C11H18N2O3S/c1-4-15-10(14)9-6-16-11(13-9)12-5-8(2)7-17-3/h6,8H,4-5,7H2,1-3H3,(H,12,13). The third-order valence-electron chi connectivity index (χ3n) is 2.04. The molecule has 0 amide bonds. The van der Waals surface area contributed by atoms with Crippen molar-refractivity contribution in [2.45, 2.75) is 13.8 Å². The van der Waals surface area contributed by atoms with E-state index in [1.54, 1.807) is 18.7 Å². The van der Waals surface area contributed by atoms with E-state index in [4.69, 9.17) is 9.15 Å². The predicted octanol–water partition coefficient (Wildman–Crippen LogP) is 2.26. The summed E-state index contributed by atoms with van der Waals surface area (Å²) in [6.07, 6.45) is 3.38. The van der Waals surface area contributed by atoms with Crippen LogP contribution < -0.4 is 5.32 Å². The van der Waals surface area contributed by atoms with Crippen LogP contribution in [-0.2, 0) is 4.74 Å². The zero-order chi connectivity index (χ0) is 12.7. The molecule has 0 saturated heterocycles. The van der Waals surface area contributed by atoms with Crippen molar-refractivity contribution in [3.05, 3.63) is 12.0 Å². The Hall–Kier alpha value is -1.17. The highest BCUT2D eigenvalue weighted by molar-refractivity contribution is 7.98. The molecule has 0 saturated carbocycles. The second-order valence-corrected chi connectivity index (χ2v) is 4.61. The number of aromatic nitrogens is 1. The Labute approximate surface area is 105 Å². The minimum absolute atomic E-state index is 0.201. The molecule has 1 N–H and O–H groups in total. The monoisotopic (exact) mass is 258 g/mol. The molecule has 0 aliphatic rings. The van der Waals surface area contributed by atoms with Gasteiger partial charge in [0.25, 0.3) is 6.01 Å². The van der Waals surface area contributed by atoms with Crippen molar-refractivity contribution >= 4 is 23.7 Å². The molecule has 1 aromatic heterocycles. The van der Waals surface area contributed by atoms with E-state index in [1.807, 2.05) is 0 Å². The zero-order valence-electron chi connectivity index (χ0n) is 10.4. The molecule has 17 heavy (non-hydrogen) atoms. The van der Waals surface area contributed by atoms with Crippen LogP contribution in [0, 0.1) is 5.92 Å². The van der Waals surface area contributed by atoms with E-state index < -0.39 is 5.97 Å². The Balaban J connectivity index is 2.43. The van der Waals surface area contributed by atoms with Gasteiger partial charge < -0.3 is 14.5 Å². The van der Waals surface area contributed by atoms with Crippen LogP contribution in [0.3, 0.4) is 0 Å². The predicted molar refractivity (Wildman–Crippen MR) is 68.5 cm³/mol. The van der Waals surface area contributed by atoms with Crippen LogP contribution in [0.2, 0.25) is 0 Å². The van der Waals surface area contributed by atoms with Crippen molar-refractivity contribution in [2.75, 3.05) is 30.5 Å². The van der Waals surface area contributed by atoms with Crippen LogP contribution in [0.25, 0.3) is 0 Å². The molecule has 0 aromatic carbocycles. The zero-order valence-corrected chi connectivity index (χ0v) is 11.2. The van der Waals surface area contributed by atoms with Crippen LogP contribution in [0.1, 0.15) is 24.3 Å². The Bertz CT molecular complexity index is 354. The minimum Gasteiger partial charge on any atom is -0.461 e. The summed E-state index contributed by atoms with van der Waals surface area (Å²) in [5.41, 5.74) is 0.201. The second-order valence-electron chi connectivity index (χ2n) is 3.70. The number of thioether (sulfide) groups is 1. The number of hydrogen-bond donors (Lipinski definition) is 1. The lowest BCUT2D eigenvalue weighted by molar-refractivity contribution is 0.0519. The Morgan fingerprint density at radius 2 is 2.47 bits per heavy atom. The van der Waals surface area contributed by atoms with E-state index in [0.29, 0.717) is 18.5 Å². The average Bonchev–Trinajstić information content (AvgIpc) is 2.76. The lowest BCUT2D eigenvalue weighted by Crippen LogP contribution is -2.13. The number of nitrogens with zero attached hydrogens (tertiary/aromatic N) is 1. The van der Waals surface area contributed by atoms with Gasteiger partial charge in [-0.1, -0.05) is 6.92 Å². The highest BCUT2D eigenvalue weighted by Crippen LogP contribution is 2.10. The molecule has 0 spiro atoms. The van der Waals surface area contributed by atoms with E-state index in [2.05, 4.69) is 23.5 Å². The SMILES string of the molecule is CCOC(=O)c1coc(NCC(C)CSC)n1. The van der Waals surface area contributed by atoms with Gasteiger partial charge in [0, 0.05) is 6.54 Å². The molecular formula is C11H18N2O3S. The highest BCUT2D eigenvalue weighted by atomic mass is 32.2. The maximum absolute atomic E-state index is 11.3. The average molecular weight is 258 g/mol. The number of esters is 1. The fourth-order valence-electron chi connectivity index (χ4n) is 1.26. The summed E-state index contributed by atoms with van der Waals surface area (Å²) in [6.45, 7) is 4.99. The van der Waals surface area contributed by atoms with E-state index >= 15 is 0 Å². The van der Waals surface area contributed by atoms with Gasteiger partial charge in [-0.25, -0.2) is 4.79 Å². The summed E-state index contributed by atoms with van der Waals surface area (Å²) in [4.78, 5) is 15.3. The van der Waals surface area contributed by atoms with Crippen LogP contribution in [0.4, 0.5) is 6.01 Å². The number of hydrogen-bond acceptors (Lipinski definition) is 6. The van der Waals surface area contributed by atoms with E-state index in [9.17, 15) is 4.79 Å². The molecule has 5 nitrogen and oxygen atoms in total. The lowest BCUT2D eigenvalue weighted by Gasteiger charge is -2.08. The van der Waals surface area contributed by atoms with E-state index in [-0.39, 0.29) is 5.69 Å². The molecule has 96 valence electrons. The molecule has 0 bridgehead atoms. The molecule has 0 fully saturated rings.